The molecule has 0 saturated carbocycles. The molecule has 15 nitrogen and oxygen atoms in total. The first kappa shape index (κ1) is 39.4. The number of amides is 3. The number of hydrogen-bond acceptors (Lipinski definition) is 12. The third-order valence-electron chi connectivity index (χ3n) is 6.25. The zero-order valence-electron chi connectivity index (χ0n) is 25.2. The van der Waals surface area contributed by atoms with E-state index >= 15 is 0 Å². The van der Waals surface area contributed by atoms with E-state index in [1.54, 1.807) is 0 Å². The molecule has 1 fully saturated rings. The summed E-state index contributed by atoms with van der Waals surface area (Å²) >= 11 is 36.2. The van der Waals surface area contributed by atoms with Gasteiger partial charge >= 0.3 is 36.2 Å². The lowest BCUT2D eigenvalue weighted by Gasteiger charge is -2.24. The second-order valence-corrected chi connectivity index (χ2v) is 12.2. The molecular formula is C30H21Cl6N3O12. The van der Waals surface area contributed by atoms with Crippen molar-refractivity contribution in [2.75, 3.05) is 19.8 Å². The van der Waals surface area contributed by atoms with E-state index in [1.165, 1.54) is 54.6 Å². The molecule has 1 aliphatic heterocycles. The average molecular weight is 828 g/mol. The summed E-state index contributed by atoms with van der Waals surface area (Å²) in [5, 5.41) is 6.06. The molecule has 51 heavy (non-hydrogen) atoms. The van der Waals surface area contributed by atoms with Gasteiger partial charge in [-0.2, -0.15) is 0 Å². The second-order valence-electron chi connectivity index (χ2n) is 9.80. The van der Waals surface area contributed by atoms with E-state index in [9.17, 15) is 28.8 Å². The highest BCUT2D eigenvalue weighted by Crippen LogP contribution is 2.34. The van der Waals surface area contributed by atoms with Crippen molar-refractivity contribution in [3.63, 3.8) is 0 Å². The van der Waals surface area contributed by atoms with Crippen LogP contribution in [-0.2, 0) is 28.6 Å². The Bertz CT molecular complexity index is 1580. The number of rotatable bonds is 6. The molecule has 3 unspecified atom stereocenters. The van der Waals surface area contributed by atoms with Crippen molar-refractivity contribution in [2.24, 2.45) is 0 Å². The molecule has 3 N–H and O–H groups in total. The minimum atomic E-state index is -1.80. The van der Waals surface area contributed by atoms with Gasteiger partial charge in [0.05, 0.1) is 30.1 Å². The molecule has 0 aliphatic carbocycles. The molecule has 3 atom stereocenters. The summed E-state index contributed by atoms with van der Waals surface area (Å²) in [5.41, 5.74) is 0. The van der Waals surface area contributed by atoms with Gasteiger partial charge in [-0.1, -0.05) is 87.8 Å². The van der Waals surface area contributed by atoms with Crippen LogP contribution in [0.1, 0.15) is 0 Å². The van der Waals surface area contributed by atoms with Crippen LogP contribution in [0.25, 0.3) is 0 Å². The monoisotopic (exact) mass is 825 g/mol. The first-order valence-corrected chi connectivity index (χ1v) is 16.3. The summed E-state index contributed by atoms with van der Waals surface area (Å²) in [6.45, 7) is -2.73. The zero-order valence-corrected chi connectivity index (χ0v) is 29.8. The van der Waals surface area contributed by atoms with Gasteiger partial charge in [-0.15, -0.1) is 0 Å². The topological polar surface area (TPSA) is 194 Å². The first-order valence-electron chi connectivity index (χ1n) is 14.0. The van der Waals surface area contributed by atoms with Gasteiger partial charge < -0.3 is 44.4 Å². The Kier molecular flexibility index (Phi) is 14.1. The maximum absolute atomic E-state index is 13.1. The van der Waals surface area contributed by atoms with Gasteiger partial charge in [0, 0.05) is 0 Å². The third-order valence-corrected chi connectivity index (χ3v) is 8.03. The van der Waals surface area contributed by atoms with Crippen molar-refractivity contribution in [1.82, 2.24) is 16.0 Å². The van der Waals surface area contributed by atoms with Crippen LogP contribution in [0.2, 0.25) is 30.1 Å². The normalized spacial score (nSPS) is 18.0. The van der Waals surface area contributed by atoms with Crippen molar-refractivity contribution in [1.29, 1.82) is 0 Å². The van der Waals surface area contributed by atoms with Gasteiger partial charge in [0.2, 0.25) is 0 Å². The molecule has 0 aromatic heterocycles. The van der Waals surface area contributed by atoms with Crippen molar-refractivity contribution in [3.8, 4) is 17.2 Å². The maximum Gasteiger partial charge on any atom is 0.413 e. The summed E-state index contributed by atoms with van der Waals surface area (Å²) in [7, 11) is 0. The fourth-order valence-electron chi connectivity index (χ4n) is 3.84. The van der Waals surface area contributed by atoms with Gasteiger partial charge in [0.25, 0.3) is 0 Å². The number of benzene rings is 3. The van der Waals surface area contributed by atoms with E-state index in [1.807, 2.05) is 0 Å². The van der Waals surface area contributed by atoms with Gasteiger partial charge in [-0.3, -0.25) is 0 Å². The Hall–Kier alpha value is -4.38. The van der Waals surface area contributed by atoms with Crippen LogP contribution in [0.15, 0.2) is 54.6 Å². The van der Waals surface area contributed by atoms with Crippen LogP contribution in [0.3, 0.4) is 0 Å². The number of para-hydroxylation sites is 3. The highest BCUT2D eigenvalue weighted by Gasteiger charge is 2.34. The summed E-state index contributed by atoms with van der Waals surface area (Å²) in [6, 6.07) is 7.27. The zero-order chi connectivity index (χ0) is 37.2. The molecule has 3 aromatic rings. The second kappa shape index (κ2) is 18.2. The molecule has 0 radical (unpaired) electrons. The van der Waals surface area contributed by atoms with Gasteiger partial charge in [-0.25, -0.2) is 28.8 Å². The van der Waals surface area contributed by atoms with Crippen molar-refractivity contribution in [2.45, 2.75) is 18.1 Å². The number of ether oxygens (including phenoxy) is 6. The fourth-order valence-corrected chi connectivity index (χ4v) is 5.26. The Labute approximate surface area is 317 Å². The fraction of sp³-hybridized carbons (Fsp3) is 0.200. The Morgan fingerprint density at radius 3 is 0.902 bits per heavy atom. The number of esters is 3. The van der Waals surface area contributed by atoms with Crippen LogP contribution >= 0.6 is 69.6 Å². The third kappa shape index (κ3) is 11.1. The number of carbonyl (C=O) groups is 6. The summed E-state index contributed by atoms with van der Waals surface area (Å²) in [4.78, 5) is 77.6. The minimum absolute atomic E-state index is 0.0541. The van der Waals surface area contributed by atoms with E-state index in [0.29, 0.717) is 0 Å². The van der Waals surface area contributed by atoms with Crippen LogP contribution in [-0.4, -0.2) is 74.1 Å². The van der Waals surface area contributed by atoms with E-state index in [2.05, 4.69) is 16.0 Å². The number of cyclic esters (lactones) is 3. The highest BCUT2D eigenvalue weighted by molar-refractivity contribution is 6.38. The molecule has 1 heterocycles. The van der Waals surface area contributed by atoms with Gasteiger partial charge in [0.15, 0.2) is 35.4 Å². The van der Waals surface area contributed by atoms with E-state index < -0.39 is 74.1 Å². The minimum Gasteiger partial charge on any atom is -0.461 e. The molecular weight excluding hydrogens is 807 g/mol. The van der Waals surface area contributed by atoms with Crippen LogP contribution in [0, 0.1) is 0 Å². The Morgan fingerprint density at radius 2 is 0.686 bits per heavy atom. The summed E-state index contributed by atoms with van der Waals surface area (Å²) in [6.07, 6.45) is -3.88. The van der Waals surface area contributed by atoms with Gasteiger partial charge in [-0.05, 0) is 36.4 Å². The number of nitrogens with one attached hydrogen (secondary N) is 3. The Morgan fingerprint density at radius 1 is 0.471 bits per heavy atom. The number of halogens is 6. The Balaban J connectivity index is 1.56. The average Bonchev–Trinajstić information content (AvgIpc) is 3.07. The number of carbonyl (C=O) groups excluding carboxylic acids is 6. The summed E-state index contributed by atoms with van der Waals surface area (Å²) < 4.78 is 30.7. The van der Waals surface area contributed by atoms with E-state index in [-0.39, 0.29) is 47.4 Å². The highest BCUT2D eigenvalue weighted by atomic mass is 35.5. The molecule has 0 spiro atoms. The van der Waals surface area contributed by atoms with Gasteiger partial charge in [0.1, 0.15) is 19.8 Å². The molecule has 3 amide bonds. The lowest BCUT2D eigenvalue weighted by atomic mass is 10.2. The van der Waals surface area contributed by atoms with Crippen molar-refractivity contribution in [3.05, 3.63) is 84.7 Å². The quantitative estimate of drug-likeness (QED) is 0.194. The van der Waals surface area contributed by atoms with Crippen LogP contribution < -0.4 is 30.2 Å². The van der Waals surface area contributed by atoms with Crippen molar-refractivity contribution < 1.29 is 57.2 Å². The van der Waals surface area contributed by atoms with E-state index in [4.69, 9.17) is 98.0 Å². The smallest absolute Gasteiger partial charge is 0.413 e. The molecule has 0 bridgehead atoms. The lowest BCUT2D eigenvalue weighted by molar-refractivity contribution is -0.160. The molecule has 3 aromatic carbocycles. The number of hydrogen-bond donors (Lipinski definition) is 3. The maximum atomic E-state index is 13.1. The predicted octanol–water partition coefficient (Wildman–Crippen LogP) is 6.02. The summed E-state index contributed by atoms with van der Waals surface area (Å²) in [5.74, 6) is -4.65. The molecule has 270 valence electrons. The molecule has 1 aliphatic rings. The first-order chi connectivity index (χ1) is 24.2. The van der Waals surface area contributed by atoms with E-state index in [0.717, 1.165) is 0 Å². The van der Waals surface area contributed by atoms with Crippen molar-refractivity contribution >= 4 is 106 Å². The molecule has 4 rings (SSSR count). The predicted molar refractivity (Wildman–Crippen MR) is 181 cm³/mol. The molecule has 1 saturated heterocycles. The lowest BCUT2D eigenvalue weighted by Crippen LogP contribution is -2.53. The van der Waals surface area contributed by atoms with Crippen LogP contribution in [0.4, 0.5) is 14.4 Å². The largest absolute Gasteiger partial charge is 0.461 e. The van der Waals surface area contributed by atoms with Crippen LogP contribution in [0.5, 0.6) is 17.2 Å². The standard InChI is InChI=1S/C30H21Cl6N3O12/c31-13-4-1-5-14(32)22(13)49-28(43)37-19-10-46-26(41)21(39-30(45)51-24-17(35)8-3-9-18(24)36)12-48-27(42)20(11-47-25(19)40)38-29(44)50-23-15(33)6-2-7-16(23)34/h1-9,19-21H,10-12H2,(H,37,43)(H,38,44)(H,39,45). The SMILES string of the molecule is O=C(NC1COC(=O)C(NC(=O)Oc2c(Cl)cccc2Cl)COC(=O)C(NC(=O)Oc2c(Cl)cccc2Cl)COC1=O)Oc1c(Cl)cccc1Cl. The molecule has 21 heteroatoms.